The van der Waals surface area contributed by atoms with Gasteiger partial charge in [-0.1, -0.05) is 11.8 Å². The second-order valence-electron chi connectivity index (χ2n) is 6.20. The number of pyridine rings is 1. The zero-order valence-electron chi connectivity index (χ0n) is 13.4. The number of rotatable bonds is 2. The molecule has 3 N–H and O–H groups in total. The van der Waals surface area contributed by atoms with Crippen LogP contribution >= 0.6 is 39.0 Å². The summed E-state index contributed by atoms with van der Waals surface area (Å²) in [7, 11) is 0. The summed E-state index contributed by atoms with van der Waals surface area (Å²) in [6.45, 7) is 0. The summed E-state index contributed by atoms with van der Waals surface area (Å²) in [4.78, 5) is 22.7. The number of thioether (sulfide) groups is 1. The van der Waals surface area contributed by atoms with E-state index >= 15 is 0 Å². The van der Waals surface area contributed by atoms with E-state index in [2.05, 4.69) is 32.3 Å². The summed E-state index contributed by atoms with van der Waals surface area (Å²) >= 11 is 6.60. The third-order valence-electron chi connectivity index (χ3n) is 4.59. The molecule has 25 heavy (non-hydrogen) atoms. The van der Waals surface area contributed by atoms with Crippen molar-refractivity contribution in [2.24, 2.45) is 10.7 Å². The topological polar surface area (TPSA) is 80.4 Å². The number of thiophene rings is 1. The first kappa shape index (κ1) is 17.1. The molecule has 4 rings (SSSR count). The number of nitrogens with two attached hydrogens (primary N) is 1. The molecule has 1 unspecified atom stereocenters. The molecule has 1 aliphatic heterocycles. The second kappa shape index (κ2) is 6.74. The number of fused-ring (bicyclic) bond motifs is 2. The van der Waals surface area contributed by atoms with E-state index in [-0.39, 0.29) is 11.4 Å². The van der Waals surface area contributed by atoms with Crippen LogP contribution in [0.5, 0.6) is 0 Å². The Kier molecular flexibility index (Phi) is 4.59. The van der Waals surface area contributed by atoms with E-state index < -0.39 is 0 Å². The average Bonchev–Trinajstić information content (AvgIpc) is 3.00. The Morgan fingerprint density at radius 3 is 3.00 bits per heavy atom. The number of amidine groups is 1. The van der Waals surface area contributed by atoms with Crippen molar-refractivity contribution < 1.29 is 4.79 Å². The number of carbonyl (C=O) groups is 1. The Labute approximate surface area is 162 Å². The van der Waals surface area contributed by atoms with Crippen LogP contribution in [-0.2, 0) is 12.0 Å². The maximum absolute atomic E-state index is 12.4. The summed E-state index contributed by atoms with van der Waals surface area (Å²) in [5.74, 6) is 0.803. The molecule has 0 aromatic carbocycles. The first-order chi connectivity index (χ1) is 12.1. The Morgan fingerprint density at radius 1 is 1.36 bits per heavy atom. The van der Waals surface area contributed by atoms with Crippen LogP contribution in [0.25, 0.3) is 0 Å². The molecule has 1 spiro atoms. The highest BCUT2D eigenvalue weighted by atomic mass is 79.9. The number of amides is 1. The highest BCUT2D eigenvalue weighted by Crippen LogP contribution is 2.48. The van der Waals surface area contributed by atoms with E-state index in [9.17, 15) is 4.79 Å². The van der Waals surface area contributed by atoms with Crippen LogP contribution in [0.3, 0.4) is 0 Å². The van der Waals surface area contributed by atoms with Crippen molar-refractivity contribution in [1.29, 1.82) is 0 Å². The Bertz CT molecular complexity index is 849. The molecule has 0 saturated heterocycles. The zero-order valence-corrected chi connectivity index (χ0v) is 16.6. The van der Waals surface area contributed by atoms with Gasteiger partial charge in [-0.3, -0.25) is 9.79 Å². The molecule has 5 nitrogen and oxygen atoms in total. The minimum Gasteiger partial charge on any atom is -0.379 e. The van der Waals surface area contributed by atoms with Gasteiger partial charge in [0.1, 0.15) is 5.69 Å². The number of aryl methyl sites for hydroxylation is 1. The maximum Gasteiger partial charge on any atom is 0.274 e. The first-order valence-electron chi connectivity index (χ1n) is 8.10. The van der Waals surface area contributed by atoms with Crippen molar-refractivity contribution in [3.63, 3.8) is 0 Å². The van der Waals surface area contributed by atoms with Gasteiger partial charge in [0, 0.05) is 21.3 Å². The molecule has 1 aliphatic carbocycles. The number of anilines is 1. The van der Waals surface area contributed by atoms with Crippen LogP contribution in [0.15, 0.2) is 33.9 Å². The van der Waals surface area contributed by atoms with Gasteiger partial charge < -0.3 is 11.1 Å². The Balaban J connectivity index is 1.61. The van der Waals surface area contributed by atoms with Crippen molar-refractivity contribution in [3.05, 3.63) is 45.0 Å². The number of nitrogens with one attached hydrogen (secondary N) is 1. The lowest BCUT2D eigenvalue weighted by molar-refractivity contribution is 0.102. The minimum atomic E-state index is -0.196. The Morgan fingerprint density at radius 2 is 2.24 bits per heavy atom. The van der Waals surface area contributed by atoms with E-state index in [0.29, 0.717) is 10.9 Å². The quantitative estimate of drug-likeness (QED) is 0.740. The van der Waals surface area contributed by atoms with Gasteiger partial charge in [-0.25, -0.2) is 4.98 Å². The smallest absolute Gasteiger partial charge is 0.274 e. The molecular weight excluding hydrogens is 420 g/mol. The van der Waals surface area contributed by atoms with Crippen molar-refractivity contribution in [3.8, 4) is 0 Å². The number of halogens is 1. The van der Waals surface area contributed by atoms with Gasteiger partial charge in [0.2, 0.25) is 0 Å². The standard InChI is InChI=1S/C17H17BrN4OS2/c18-10-3-4-12(20-9-10)15(23)21-14-8-11-13(25-14)2-1-5-17(11)6-7-24-16(19)22-17/h3-4,8-9H,1-2,5-7H2,(H2,19,22)(H,21,23). The van der Waals surface area contributed by atoms with Crippen LogP contribution in [0.1, 0.15) is 40.2 Å². The monoisotopic (exact) mass is 436 g/mol. The van der Waals surface area contributed by atoms with Gasteiger partial charge in [0.05, 0.1) is 10.5 Å². The molecule has 1 amide bonds. The van der Waals surface area contributed by atoms with E-state index in [1.54, 1.807) is 35.4 Å². The molecule has 2 aliphatic rings. The van der Waals surface area contributed by atoms with Crippen molar-refractivity contribution >= 4 is 55.1 Å². The van der Waals surface area contributed by atoms with Gasteiger partial charge in [-0.15, -0.1) is 11.3 Å². The number of hydrogen-bond donors (Lipinski definition) is 2. The average molecular weight is 437 g/mol. The SMILES string of the molecule is NC1=NC2(CCCc3sc(NC(=O)c4ccc(Br)cn4)cc32)CCS1. The number of hydrogen-bond acceptors (Lipinski definition) is 6. The lowest BCUT2D eigenvalue weighted by Crippen LogP contribution is -2.34. The van der Waals surface area contributed by atoms with Gasteiger partial charge in [0.25, 0.3) is 5.91 Å². The van der Waals surface area contributed by atoms with Crippen LogP contribution in [0.4, 0.5) is 5.00 Å². The lowest BCUT2D eigenvalue weighted by atomic mass is 9.78. The third kappa shape index (κ3) is 3.35. The van der Waals surface area contributed by atoms with Gasteiger partial charge in [-0.2, -0.15) is 0 Å². The van der Waals surface area contributed by atoms with E-state index in [0.717, 1.165) is 40.9 Å². The molecule has 0 bridgehead atoms. The molecule has 0 saturated carbocycles. The number of aromatic nitrogens is 1. The highest BCUT2D eigenvalue weighted by Gasteiger charge is 2.39. The van der Waals surface area contributed by atoms with Crippen LogP contribution in [0.2, 0.25) is 0 Å². The first-order valence-corrected chi connectivity index (χ1v) is 10.7. The fraction of sp³-hybridized carbons (Fsp3) is 0.353. The van der Waals surface area contributed by atoms with Crippen LogP contribution in [0, 0.1) is 0 Å². The largest absolute Gasteiger partial charge is 0.379 e. The molecule has 0 radical (unpaired) electrons. The second-order valence-corrected chi connectivity index (χ2v) is 9.36. The fourth-order valence-electron chi connectivity index (χ4n) is 3.43. The predicted octanol–water partition coefficient (Wildman–Crippen LogP) is 4.14. The molecule has 1 atom stereocenters. The number of nitrogens with zero attached hydrogens (tertiary/aromatic N) is 2. The third-order valence-corrected chi connectivity index (χ3v) is 6.97. The molecule has 2 aromatic heterocycles. The van der Waals surface area contributed by atoms with Crippen LogP contribution in [-0.4, -0.2) is 21.8 Å². The number of carbonyl (C=O) groups excluding carboxylic acids is 1. The van der Waals surface area contributed by atoms with Gasteiger partial charge >= 0.3 is 0 Å². The Hall–Kier alpha value is -1.38. The van der Waals surface area contributed by atoms with Crippen molar-refractivity contribution in [2.45, 2.75) is 31.2 Å². The van der Waals surface area contributed by atoms with Crippen molar-refractivity contribution in [1.82, 2.24) is 4.98 Å². The summed E-state index contributed by atoms with van der Waals surface area (Å²) in [6, 6.07) is 5.61. The molecule has 8 heteroatoms. The highest BCUT2D eigenvalue weighted by molar-refractivity contribution is 9.10. The van der Waals surface area contributed by atoms with Crippen molar-refractivity contribution in [2.75, 3.05) is 11.1 Å². The lowest BCUT2D eigenvalue weighted by Gasteiger charge is -2.36. The molecule has 3 heterocycles. The minimum absolute atomic E-state index is 0.192. The fourth-order valence-corrected chi connectivity index (χ4v) is 5.75. The summed E-state index contributed by atoms with van der Waals surface area (Å²) in [5, 5.41) is 4.52. The van der Waals surface area contributed by atoms with Crippen LogP contribution < -0.4 is 11.1 Å². The molecule has 2 aromatic rings. The summed E-state index contributed by atoms with van der Waals surface area (Å²) in [6.07, 6.45) is 5.80. The normalized spacial score (nSPS) is 22.4. The maximum atomic E-state index is 12.4. The summed E-state index contributed by atoms with van der Waals surface area (Å²) < 4.78 is 0.850. The van der Waals surface area contributed by atoms with E-state index in [4.69, 9.17) is 10.7 Å². The summed E-state index contributed by atoms with van der Waals surface area (Å²) in [5.41, 5.74) is 7.46. The molecular formula is C17H17BrN4OS2. The molecule has 130 valence electrons. The predicted molar refractivity (Wildman–Crippen MR) is 108 cm³/mol. The van der Waals surface area contributed by atoms with Gasteiger partial charge in [0.15, 0.2) is 5.17 Å². The molecule has 0 fully saturated rings. The van der Waals surface area contributed by atoms with E-state index in [1.165, 1.54) is 10.4 Å². The van der Waals surface area contributed by atoms with Gasteiger partial charge in [-0.05, 0) is 65.4 Å². The number of aliphatic imine (C=N–C) groups is 1. The van der Waals surface area contributed by atoms with E-state index in [1.807, 2.05) is 6.07 Å². The zero-order chi connectivity index (χ0) is 17.4.